The first kappa shape index (κ1) is 12.9. The Hall–Kier alpha value is -2.57. The molecule has 3 N–H and O–H groups in total. The van der Waals surface area contributed by atoms with Gasteiger partial charge in [0, 0.05) is 25.5 Å². The molecule has 0 spiro atoms. The lowest BCUT2D eigenvalue weighted by atomic mass is 10.3. The topological polar surface area (TPSA) is 94.1 Å². The van der Waals surface area contributed by atoms with Crippen LogP contribution in [0.2, 0.25) is 0 Å². The molecule has 7 nitrogen and oxygen atoms in total. The molecule has 7 heteroatoms. The van der Waals surface area contributed by atoms with Crippen molar-refractivity contribution in [3.05, 3.63) is 30.9 Å². The van der Waals surface area contributed by atoms with Crippen LogP contribution in [0.3, 0.4) is 0 Å². The van der Waals surface area contributed by atoms with Gasteiger partial charge in [-0.2, -0.15) is 0 Å². The van der Waals surface area contributed by atoms with Crippen LogP contribution in [0, 0.1) is 0 Å². The van der Waals surface area contributed by atoms with E-state index in [9.17, 15) is 4.79 Å². The molecule has 2 rings (SSSR count). The van der Waals surface area contributed by atoms with E-state index in [1.807, 2.05) is 30.4 Å². The molecule has 19 heavy (non-hydrogen) atoms. The largest absolute Gasteiger partial charge is 0.480 e. The maximum atomic E-state index is 10.8. The second-order valence-electron chi connectivity index (χ2n) is 4.09. The van der Waals surface area contributed by atoms with Gasteiger partial charge in [-0.3, -0.25) is 4.79 Å². The van der Waals surface area contributed by atoms with Crippen LogP contribution in [0.1, 0.15) is 6.92 Å². The average molecular weight is 261 g/mol. The van der Waals surface area contributed by atoms with E-state index in [1.54, 1.807) is 13.0 Å². The molecule has 0 saturated heterocycles. The number of carboxylic acid groups (broad SMARTS) is 1. The molecule has 0 bridgehead atoms. The zero-order chi connectivity index (χ0) is 13.8. The Morgan fingerprint density at radius 2 is 2.32 bits per heavy atom. The summed E-state index contributed by atoms with van der Waals surface area (Å²) in [5.74, 6) is 0.219. The van der Waals surface area contributed by atoms with Crippen LogP contribution < -0.4 is 10.2 Å². The molecule has 0 saturated carbocycles. The van der Waals surface area contributed by atoms with Crippen LogP contribution in [0.4, 0.5) is 17.3 Å². The fraction of sp³-hybridized carbons (Fsp3) is 0.250. The van der Waals surface area contributed by atoms with Gasteiger partial charge in [-0.1, -0.05) is 0 Å². The summed E-state index contributed by atoms with van der Waals surface area (Å²) in [6.07, 6.45) is 5.06. The van der Waals surface area contributed by atoms with Crippen LogP contribution in [0.15, 0.2) is 30.9 Å². The van der Waals surface area contributed by atoms with Crippen molar-refractivity contribution in [1.29, 1.82) is 0 Å². The van der Waals surface area contributed by atoms with E-state index in [4.69, 9.17) is 5.11 Å². The van der Waals surface area contributed by atoms with Crippen LogP contribution in [0.25, 0.3) is 0 Å². The van der Waals surface area contributed by atoms with E-state index in [2.05, 4.69) is 20.3 Å². The van der Waals surface area contributed by atoms with E-state index in [0.717, 1.165) is 5.69 Å². The minimum absolute atomic E-state index is 0.474. The molecule has 2 heterocycles. The maximum Gasteiger partial charge on any atom is 0.325 e. The molecule has 0 fully saturated rings. The zero-order valence-corrected chi connectivity index (χ0v) is 10.7. The predicted molar refractivity (Wildman–Crippen MR) is 71.6 cm³/mol. The number of anilines is 3. The van der Waals surface area contributed by atoms with Gasteiger partial charge in [0.1, 0.15) is 24.0 Å². The number of aliphatic carboxylic acids is 1. The van der Waals surface area contributed by atoms with Crippen molar-refractivity contribution in [3.8, 4) is 0 Å². The summed E-state index contributed by atoms with van der Waals surface area (Å²) in [5.41, 5.74) is 0.955. The smallest absolute Gasteiger partial charge is 0.325 e. The highest BCUT2D eigenvalue weighted by atomic mass is 16.4. The Morgan fingerprint density at radius 3 is 2.95 bits per heavy atom. The van der Waals surface area contributed by atoms with Crippen LogP contribution in [0.5, 0.6) is 0 Å². The predicted octanol–water partition coefficient (Wildman–Crippen LogP) is 1.46. The number of rotatable bonds is 5. The van der Waals surface area contributed by atoms with Gasteiger partial charge in [0.25, 0.3) is 0 Å². The lowest BCUT2D eigenvalue weighted by molar-refractivity contribution is -0.137. The van der Waals surface area contributed by atoms with Crippen LogP contribution >= 0.6 is 0 Å². The lowest BCUT2D eigenvalue weighted by Gasteiger charge is -2.17. The number of hydrogen-bond acceptors (Lipinski definition) is 5. The molecule has 100 valence electrons. The van der Waals surface area contributed by atoms with E-state index in [0.29, 0.717) is 11.6 Å². The number of nitrogens with one attached hydrogen (secondary N) is 2. The Labute approximate surface area is 110 Å². The van der Waals surface area contributed by atoms with Gasteiger partial charge in [-0.25, -0.2) is 9.97 Å². The molecule has 1 unspecified atom stereocenters. The van der Waals surface area contributed by atoms with Gasteiger partial charge in [0.15, 0.2) is 0 Å². The lowest BCUT2D eigenvalue weighted by Crippen LogP contribution is -2.26. The number of nitrogens with zero attached hydrogens (tertiary/aromatic N) is 3. The van der Waals surface area contributed by atoms with Crippen LogP contribution in [-0.4, -0.2) is 39.1 Å². The highest BCUT2D eigenvalue weighted by Gasteiger charge is 2.12. The Balaban J connectivity index is 2.17. The van der Waals surface area contributed by atoms with Crippen molar-refractivity contribution < 1.29 is 9.90 Å². The first-order chi connectivity index (χ1) is 9.08. The van der Waals surface area contributed by atoms with E-state index in [-0.39, 0.29) is 0 Å². The summed E-state index contributed by atoms with van der Waals surface area (Å²) >= 11 is 0. The molecule has 0 radical (unpaired) electrons. The third-order valence-corrected chi connectivity index (χ3v) is 2.70. The minimum Gasteiger partial charge on any atom is -0.480 e. The number of H-pyrrole nitrogens is 1. The maximum absolute atomic E-state index is 10.8. The van der Waals surface area contributed by atoms with E-state index < -0.39 is 12.0 Å². The van der Waals surface area contributed by atoms with Crippen molar-refractivity contribution in [3.63, 3.8) is 0 Å². The van der Waals surface area contributed by atoms with Gasteiger partial charge in [0.2, 0.25) is 0 Å². The summed E-state index contributed by atoms with van der Waals surface area (Å²) in [7, 11) is 1.87. The first-order valence-corrected chi connectivity index (χ1v) is 5.76. The molecule has 0 aromatic carbocycles. The van der Waals surface area contributed by atoms with Gasteiger partial charge >= 0.3 is 5.97 Å². The standard InChI is InChI=1S/C12H15N5O2/c1-8(12(18)19)16-10-5-11(15-7-14-10)17(2)9-3-4-13-6-9/h3-8,13H,1-2H3,(H,18,19)(H,14,15,16). The Kier molecular flexibility index (Phi) is 3.65. The van der Waals surface area contributed by atoms with Crippen molar-refractivity contribution in [1.82, 2.24) is 15.0 Å². The second kappa shape index (κ2) is 5.38. The Bertz CT molecular complexity index is 555. The van der Waals surface area contributed by atoms with Crippen molar-refractivity contribution in [2.24, 2.45) is 0 Å². The number of aromatic nitrogens is 3. The minimum atomic E-state index is -0.931. The van der Waals surface area contributed by atoms with E-state index in [1.165, 1.54) is 6.33 Å². The fourth-order valence-electron chi connectivity index (χ4n) is 1.55. The Morgan fingerprint density at radius 1 is 1.53 bits per heavy atom. The quantitative estimate of drug-likeness (QED) is 0.754. The van der Waals surface area contributed by atoms with E-state index >= 15 is 0 Å². The summed E-state index contributed by atoms with van der Waals surface area (Å²) in [6, 6.07) is 2.90. The third kappa shape index (κ3) is 3.01. The first-order valence-electron chi connectivity index (χ1n) is 5.76. The molecular formula is C12H15N5O2. The van der Waals surface area contributed by atoms with Gasteiger partial charge in [-0.15, -0.1) is 0 Å². The number of carboxylic acids is 1. The summed E-state index contributed by atoms with van der Waals surface area (Å²) in [6.45, 7) is 1.56. The highest BCUT2D eigenvalue weighted by Crippen LogP contribution is 2.22. The molecule has 0 aliphatic heterocycles. The monoisotopic (exact) mass is 261 g/mol. The second-order valence-corrected chi connectivity index (χ2v) is 4.09. The van der Waals surface area contributed by atoms with Gasteiger partial charge < -0.3 is 20.3 Å². The molecule has 0 aliphatic carbocycles. The normalized spacial score (nSPS) is 11.9. The molecule has 2 aromatic rings. The fourth-order valence-corrected chi connectivity index (χ4v) is 1.55. The van der Waals surface area contributed by atoms with Crippen molar-refractivity contribution in [2.45, 2.75) is 13.0 Å². The molecule has 0 aliphatic rings. The van der Waals surface area contributed by atoms with Gasteiger partial charge in [-0.05, 0) is 13.0 Å². The van der Waals surface area contributed by atoms with Crippen molar-refractivity contribution in [2.75, 3.05) is 17.3 Å². The van der Waals surface area contributed by atoms with Crippen LogP contribution in [-0.2, 0) is 4.79 Å². The summed E-state index contributed by atoms with van der Waals surface area (Å²) in [4.78, 5) is 23.8. The zero-order valence-electron chi connectivity index (χ0n) is 10.7. The average Bonchev–Trinajstić information content (AvgIpc) is 2.92. The summed E-state index contributed by atoms with van der Waals surface area (Å²) in [5, 5.41) is 11.6. The number of carbonyl (C=O) groups is 1. The number of hydrogen-bond donors (Lipinski definition) is 3. The molecule has 2 aromatic heterocycles. The molecule has 1 atom stereocenters. The van der Waals surface area contributed by atoms with Gasteiger partial charge in [0.05, 0.1) is 5.69 Å². The highest BCUT2D eigenvalue weighted by molar-refractivity contribution is 5.76. The molecular weight excluding hydrogens is 246 g/mol. The van der Waals surface area contributed by atoms with Crippen molar-refractivity contribution >= 4 is 23.3 Å². The number of aromatic amines is 1. The SMILES string of the molecule is CC(Nc1cc(N(C)c2cc[nH]c2)ncn1)C(=O)O. The molecule has 0 amide bonds. The summed E-state index contributed by atoms with van der Waals surface area (Å²) < 4.78 is 0. The third-order valence-electron chi connectivity index (χ3n) is 2.70.